The van der Waals surface area contributed by atoms with E-state index in [0.717, 1.165) is 12.4 Å². The lowest BCUT2D eigenvalue weighted by Crippen LogP contribution is -2.47. The van der Waals surface area contributed by atoms with Crippen molar-refractivity contribution in [1.82, 2.24) is 10.6 Å². The summed E-state index contributed by atoms with van der Waals surface area (Å²) in [7, 11) is 1.62. The Morgan fingerprint density at radius 1 is 1.18 bits per heavy atom. The van der Waals surface area contributed by atoms with Crippen LogP contribution < -0.4 is 16.0 Å². The molecule has 7 nitrogen and oxygen atoms in total. The van der Waals surface area contributed by atoms with E-state index in [1.807, 2.05) is 20.8 Å². The number of benzene rings is 2. The lowest BCUT2D eigenvalue weighted by atomic mass is 9.62. The summed E-state index contributed by atoms with van der Waals surface area (Å²) in [6, 6.07) is 4.93. The number of carbonyl (C=O) groups excluding carboxylic acids is 2. The highest BCUT2D eigenvalue weighted by atomic mass is 35.5. The van der Waals surface area contributed by atoms with Gasteiger partial charge in [-0.3, -0.25) is 4.79 Å². The quantitative estimate of drug-likeness (QED) is 0.268. The highest BCUT2D eigenvalue weighted by Crippen LogP contribution is 2.52. The molecule has 0 radical (unpaired) electrons. The van der Waals surface area contributed by atoms with Crippen molar-refractivity contribution in [2.24, 2.45) is 5.41 Å². The number of nitrogens with one attached hydrogen (secondary N) is 3. The molecule has 11 heteroatoms. The summed E-state index contributed by atoms with van der Waals surface area (Å²) >= 11 is 12.2. The van der Waals surface area contributed by atoms with Crippen LogP contribution in [0.3, 0.4) is 0 Å². The van der Waals surface area contributed by atoms with Gasteiger partial charge in [0.05, 0.1) is 34.2 Å². The maximum absolute atomic E-state index is 15.0. The van der Waals surface area contributed by atoms with E-state index >= 15 is 4.39 Å². The molecule has 0 saturated carbocycles. The van der Waals surface area contributed by atoms with Crippen LogP contribution in [-0.2, 0) is 15.0 Å². The number of aliphatic hydroxyl groups is 2. The van der Waals surface area contributed by atoms with Crippen molar-refractivity contribution in [3.8, 4) is 0 Å². The van der Waals surface area contributed by atoms with Gasteiger partial charge >= 0.3 is 0 Å². The van der Waals surface area contributed by atoms with E-state index < -0.39 is 53.7 Å². The number of hydrogen-bond donors (Lipinski definition) is 5. The van der Waals surface area contributed by atoms with E-state index in [4.69, 9.17) is 28.3 Å². The molecule has 2 aromatic rings. The molecule has 1 unspecified atom stereocenters. The third-order valence-electron chi connectivity index (χ3n) is 7.19. The Morgan fingerprint density at radius 3 is 2.41 bits per heavy atom. The molecule has 0 bridgehead atoms. The summed E-state index contributed by atoms with van der Waals surface area (Å²) in [5.74, 6) is -2.81. The van der Waals surface area contributed by atoms with Gasteiger partial charge in [-0.05, 0) is 53.6 Å². The highest BCUT2D eigenvalue weighted by molar-refractivity contribution is 6.31. The zero-order valence-corrected chi connectivity index (χ0v) is 23.8. The lowest BCUT2D eigenvalue weighted by molar-refractivity contribution is -0.123. The van der Waals surface area contributed by atoms with Gasteiger partial charge < -0.3 is 31.0 Å². The van der Waals surface area contributed by atoms with Crippen LogP contribution in [0.1, 0.15) is 50.7 Å². The number of anilines is 1. The average molecular weight is 587 g/mol. The Hall–Kier alpha value is -2.30. The summed E-state index contributed by atoms with van der Waals surface area (Å²) < 4.78 is 29.2. The molecule has 1 aliphatic rings. The van der Waals surface area contributed by atoms with E-state index in [0.29, 0.717) is 23.2 Å². The number of hydrogen-bond acceptors (Lipinski definition) is 6. The van der Waals surface area contributed by atoms with Gasteiger partial charge in [0, 0.05) is 31.2 Å². The van der Waals surface area contributed by atoms with Crippen LogP contribution in [0.25, 0.3) is 0 Å². The second-order valence-corrected chi connectivity index (χ2v) is 12.0. The van der Waals surface area contributed by atoms with Crippen molar-refractivity contribution in [3.63, 3.8) is 0 Å². The van der Waals surface area contributed by atoms with Crippen LogP contribution in [0.5, 0.6) is 0 Å². The van der Waals surface area contributed by atoms with Crippen LogP contribution >= 0.6 is 23.2 Å². The number of aliphatic hydroxyl groups excluding tert-OH is 2. The molecule has 5 N–H and O–H groups in total. The zero-order chi connectivity index (χ0) is 29.1. The van der Waals surface area contributed by atoms with Gasteiger partial charge in [0.1, 0.15) is 17.9 Å². The van der Waals surface area contributed by atoms with E-state index in [1.165, 1.54) is 24.3 Å². The predicted octanol–water partition coefficient (Wildman–Crippen LogP) is 4.17. The maximum atomic E-state index is 15.0. The van der Waals surface area contributed by atoms with Crippen LogP contribution in [-0.4, -0.2) is 60.8 Å². The number of rotatable bonds is 10. The minimum atomic E-state index is -1.51. The van der Waals surface area contributed by atoms with Crippen molar-refractivity contribution in [1.29, 1.82) is 0 Å². The summed E-state index contributed by atoms with van der Waals surface area (Å²) in [5, 5.41) is 27.6. The van der Waals surface area contributed by atoms with Crippen LogP contribution in [0.15, 0.2) is 30.3 Å². The predicted molar refractivity (Wildman–Crippen MR) is 148 cm³/mol. The number of aldehydes is 1. The first-order chi connectivity index (χ1) is 18.3. The summed E-state index contributed by atoms with van der Waals surface area (Å²) in [6.07, 6.45) is 0.243. The molecule has 1 aliphatic heterocycles. The fourth-order valence-corrected chi connectivity index (χ4v) is 5.79. The Balaban J connectivity index is 2.28. The molecule has 1 amide bonds. The number of amides is 1. The molecular weight excluding hydrogens is 551 g/mol. The monoisotopic (exact) mass is 585 g/mol. The third kappa shape index (κ3) is 6.55. The van der Waals surface area contributed by atoms with Gasteiger partial charge in [-0.2, -0.15) is 0 Å². The molecule has 1 fully saturated rings. The SMILES string of the molecule is CNc1cc(Cl)c(F)cc1[C@]1(C=O)[C@@H](CC(C)(C)C)NC(C(=O)NCC[C@H](O)CO)[C@@H]1c1ccc(F)c(Cl)c1. The summed E-state index contributed by atoms with van der Waals surface area (Å²) in [4.78, 5) is 27.0. The fraction of sp³-hybridized carbons (Fsp3) is 0.500. The minimum Gasteiger partial charge on any atom is -0.394 e. The van der Waals surface area contributed by atoms with E-state index in [1.54, 1.807) is 7.05 Å². The summed E-state index contributed by atoms with van der Waals surface area (Å²) in [5.41, 5.74) is -0.728. The Kier molecular flexibility index (Phi) is 9.99. The lowest BCUT2D eigenvalue weighted by Gasteiger charge is -2.39. The number of carbonyl (C=O) groups is 2. The first-order valence-electron chi connectivity index (χ1n) is 12.7. The standard InChI is InChI=1S/C28H35Cl2F2N3O4/c1-27(2,3)12-23-28(14-37,17-10-21(32)19(30)11-22(17)33-4)24(15-5-6-20(31)18(29)9-15)25(35-23)26(39)34-8-7-16(38)13-36/h5-6,9-11,14,16,23-25,33,35-36,38H,7-8,12-13H2,1-4H3,(H,34,39)/t16-,23+,24-,25?,28+/m0/s1. The smallest absolute Gasteiger partial charge is 0.237 e. The minimum absolute atomic E-state index is 0.0605. The molecule has 5 atom stereocenters. The molecule has 1 heterocycles. The summed E-state index contributed by atoms with van der Waals surface area (Å²) in [6.45, 7) is 5.56. The van der Waals surface area contributed by atoms with Crippen LogP contribution in [0, 0.1) is 17.0 Å². The Labute approximate surface area is 237 Å². The topological polar surface area (TPSA) is 111 Å². The van der Waals surface area contributed by atoms with Gasteiger partial charge in [0.2, 0.25) is 5.91 Å². The number of halogens is 4. The van der Waals surface area contributed by atoms with Gasteiger partial charge in [0.25, 0.3) is 0 Å². The van der Waals surface area contributed by atoms with Crippen LogP contribution in [0.2, 0.25) is 10.0 Å². The molecule has 39 heavy (non-hydrogen) atoms. The Bertz CT molecular complexity index is 1210. The molecular formula is C28H35Cl2F2N3O4. The van der Waals surface area contributed by atoms with E-state index in [-0.39, 0.29) is 28.4 Å². The van der Waals surface area contributed by atoms with Gasteiger partial charge in [0.15, 0.2) is 0 Å². The van der Waals surface area contributed by atoms with Crippen molar-refractivity contribution < 1.29 is 28.6 Å². The zero-order valence-electron chi connectivity index (χ0n) is 22.3. The van der Waals surface area contributed by atoms with E-state index in [9.17, 15) is 19.1 Å². The normalized spacial score (nSPS) is 23.9. The first kappa shape index (κ1) is 31.2. The third-order valence-corrected chi connectivity index (χ3v) is 7.77. The fourth-order valence-electron chi connectivity index (χ4n) is 5.43. The molecule has 0 aliphatic carbocycles. The molecule has 0 aromatic heterocycles. The largest absolute Gasteiger partial charge is 0.394 e. The molecule has 2 aromatic carbocycles. The van der Waals surface area contributed by atoms with Crippen molar-refractivity contribution in [2.45, 2.75) is 63.1 Å². The van der Waals surface area contributed by atoms with E-state index in [2.05, 4.69) is 16.0 Å². The molecule has 1 saturated heterocycles. The molecule has 0 spiro atoms. The Morgan fingerprint density at radius 2 is 1.85 bits per heavy atom. The van der Waals surface area contributed by atoms with Gasteiger partial charge in [-0.15, -0.1) is 0 Å². The second kappa shape index (κ2) is 12.5. The van der Waals surface area contributed by atoms with Gasteiger partial charge in [-0.1, -0.05) is 50.0 Å². The van der Waals surface area contributed by atoms with Crippen molar-refractivity contribution >= 4 is 41.1 Å². The molecule has 214 valence electrons. The van der Waals surface area contributed by atoms with Crippen molar-refractivity contribution in [3.05, 3.63) is 63.1 Å². The van der Waals surface area contributed by atoms with Crippen LogP contribution in [0.4, 0.5) is 14.5 Å². The maximum Gasteiger partial charge on any atom is 0.237 e. The highest BCUT2D eigenvalue weighted by Gasteiger charge is 2.60. The first-order valence-corrected chi connectivity index (χ1v) is 13.5. The molecule has 3 rings (SSSR count). The van der Waals surface area contributed by atoms with Gasteiger partial charge in [-0.25, -0.2) is 8.78 Å². The van der Waals surface area contributed by atoms with Crippen molar-refractivity contribution in [2.75, 3.05) is 25.5 Å². The average Bonchev–Trinajstić information content (AvgIpc) is 3.19. The second-order valence-electron chi connectivity index (χ2n) is 11.1.